The highest BCUT2D eigenvalue weighted by Gasteiger charge is 1.83. The Morgan fingerprint density at radius 3 is 2.75 bits per heavy atom. The molecular formula is C5H11NO2. The van der Waals surface area contributed by atoms with Crippen LogP contribution in [0, 0.1) is 0 Å². The Balaban J connectivity index is 3.26. The normalized spacial score (nSPS) is 11.6. The molecule has 0 rings (SSSR count). The molecule has 0 bridgehead atoms. The molecule has 3 heteroatoms. The molecule has 0 aromatic rings. The highest BCUT2D eigenvalue weighted by molar-refractivity contribution is 5.82. The zero-order chi connectivity index (χ0) is 6.41. The Morgan fingerprint density at radius 2 is 2.38 bits per heavy atom. The van der Waals surface area contributed by atoms with Crippen LogP contribution in [-0.2, 0) is 4.84 Å². The Bertz CT molecular complexity index is 80.5. The minimum absolute atomic E-state index is 0.0278. The molecule has 0 heterocycles. The highest BCUT2D eigenvalue weighted by Crippen LogP contribution is 1.77. The van der Waals surface area contributed by atoms with Crippen molar-refractivity contribution < 1.29 is 9.94 Å². The van der Waals surface area contributed by atoms with Gasteiger partial charge in [-0.2, -0.15) is 0 Å². The Kier molecular flexibility index (Phi) is 4.26. The Morgan fingerprint density at radius 1 is 1.75 bits per heavy atom. The van der Waals surface area contributed by atoms with Crippen LogP contribution in [0.4, 0.5) is 0 Å². The lowest BCUT2D eigenvalue weighted by Crippen LogP contribution is -1.98. The number of aliphatic hydroxyl groups is 1. The molecule has 48 valence electrons. The minimum atomic E-state index is -0.0278. The van der Waals surface area contributed by atoms with Crippen molar-refractivity contribution in [2.75, 3.05) is 13.2 Å². The van der Waals surface area contributed by atoms with Crippen molar-refractivity contribution in [3.8, 4) is 0 Å². The van der Waals surface area contributed by atoms with Crippen LogP contribution in [0.3, 0.4) is 0 Å². The van der Waals surface area contributed by atoms with E-state index in [0.29, 0.717) is 12.3 Å². The maximum Gasteiger partial charge on any atom is 0.114 e. The fourth-order valence-electron chi connectivity index (χ4n) is 0.204. The first-order chi connectivity index (χ1) is 3.81. The molecule has 0 fully saturated rings. The summed E-state index contributed by atoms with van der Waals surface area (Å²) in [4.78, 5) is 4.61. The number of hydrogen-bond donors (Lipinski definition) is 1. The maximum atomic E-state index is 8.35. The molecular weight excluding hydrogens is 106 g/mol. The molecule has 0 spiro atoms. The Hall–Kier alpha value is -0.570. The second kappa shape index (κ2) is 4.59. The number of rotatable bonds is 3. The van der Waals surface area contributed by atoms with Crippen molar-refractivity contribution in [2.24, 2.45) is 5.16 Å². The summed E-state index contributed by atoms with van der Waals surface area (Å²) in [6, 6.07) is 0. The van der Waals surface area contributed by atoms with E-state index in [9.17, 15) is 0 Å². The Labute approximate surface area is 49.0 Å². The van der Waals surface area contributed by atoms with Crippen molar-refractivity contribution in [3.05, 3.63) is 0 Å². The van der Waals surface area contributed by atoms with Crippen molar-refractivity contribution in [2.45, 2.75) is 13.8 Å². The van der Waals surface area contributed by atoms with E-state index in [1.54, 1.807) is 6.92 Å². The van der Waals surface area contributed by atoms with E-state index in [1.165, 1.54) is 0 Å². The van der Waals surface area contributed by atoms with Crippen LogP contribution in [0.25, 0.3) is 0 Å². The fourth-order valence-corrected chi connectivity index (χ4v) is 0.204. The first-order valence-corrected chi connectivity index (χ1v) is 2.57. The predicted molar refractivity (Wildman–Crippen MR) is 31.8 cm³/mol. The van der Waals surface area contributed by atoms with Crippen molar-refractivity contribution >= 4 is 5.71 Å². The number of aliphatic hydroxyl groups excluding tert-OH is 1. The SMILES string of the molecule is CCON=C(C)CO. The lowest BCUT2D eigenvalue weighted by molar-refractivity contribution is 0.156. The second-order valence-corrected chi connectivity index (χ2v) is 1.40. The molecule has 0 aromatic heterocycles. The molecule has 0 unspecified atom stereocenters. The smallest absolute Gasteiger partial charge is 0.114 e. The average Bonchev–Trinajstić information content (AvgIpc) is 1.83. The quantitative estimate of drug-likeness (QED) is 0.429. The van der Waals surface area contributed by atoms with Gasteiger partial charge in [0.25, 0.3) is 0 Å². The molecule has 0 aliphatic heterocycles. The van der Waals surface area contributed by atoms with Gasteiger partial charge in [0, 0.05) is 0 Å². The number of nitrogens with zero attached hydrogens (tertiary/aromatic N) is 1. The number of hydrogen-bond acceptors (Lipinski definition) is 3. The molecule has 0 atom stereocenters. The molecule has 0 aliphatic carbocycles. The molecule has 0 radical (unpaired) electrons. The van der Waals surface area contributed by atoms with Crippen LogP contribution < -0.4 is 0 Å². The van der Waals surface area contributed by atoms with Gasteiger partial charge in [-0.15, -0.1) is 0 Å². The third kappa shape index (κ3) is 3.61. The van der Waals surface area contributed by atoms with E-state index in [2.05, 4.69) is 9.99 Å². The van der Waals surface area contributed by atoms with Crippen molar-refractivity contribution in [1.29, 1.82) is 0 Å². The van der Waals surface area contributed by atoms with Gasteiger partial charge in [0.15, 0.2) is 0 Å². The third-order valence-electron chi connectivity index (χ3n) is 0.578. The predicted octanol–water partition coefficient (Wildman–Crippen LogP) is 0.391. The summed E-state index contributed by atoms with van der Waals surface area (Å²) in [5.41, 5.74) is 0.604. The van der Waals surface area contributed by atoms with E-state index in [-0.39, 0.29) is 6.61 Å². The standard InChI is InChI=1S/C5H11NO2/c1-3-8-6-5(2)4-7/h7H,3-4H2,1-2H3. The third-order valence-corrected chi connectivity index (χ3v) is 0.578. The lowest BCUT2D eigenvalue weighted by atomic mass is 10.5. The van der Waals surface area contributed by atoms with Gasteiger partial charge in [-0.05, 0) is 13.8 Å². The summed E-state index contributed by atoms with van der Waals surface area (Å²) in [6.45, 7) is 4.07. The molecule has 3 nitrogen and oxygen atoms in total. The molecule has 0 aliphatic rings. The van der Waals surface area contributed by atoms with Gasteiger partial charge in [0.05, 0.1) is 12.3 Å². The van der Waals surface area contributed by atoms with Gasteiger partial charge in [0.1, 0.15) is 6.61 Å². The van der Waals surface area contributed by atoms with E-state index >= 15 is 0 Å². The zero-order valence-electron chi connectivity index (χ0n) is 5.22. The van der Waals surface area contributed by atoms with Crippen LogP contribution in [-0.4, -0.2) is 24.0 Å². The number of oxime groups is 1. The van der Waals surface area contributed by atoms with Gasteiger partial charge in [-0.25, -0.2) is 0 Å². The minimum Gasteiger partial charge on any atom is -0.396 e. The second-order valence-electron chi connectivity index (χ2n) is 1.40. The fraction of sp³-hybridized carbons (Fsp3) is 0.800. The summed E-state index contributed by atoms with van der Waals surface area (Å²) in [7, 11) is 0. The van der Waals surface area contributed by atoms with E-state index in [0.717, 1.165) is 0 Å². The average molecular weight is 117 g/mol. The van der Waals surface area contributed by atoms with Crippen LogP contribution >= 0.6 is 0 Å². The van der Waals surface area contributed by atoms with Gasteiger partial charge in [-0.1, -0.05) is 5.16 Å². The zero-order valence-corrected chi connectivity index (χ0v) is 5.22. The van der Waals surface area contributed by atoms with Crippen LogP contribution in [0.2, 0.25) is 0 Å². The first-order valence-electron chi connectivity index (χ1n) is 2.57. The van der Waals surface area contributed by atoms with Gasteiger partial charge < -0.3 is 9.94 Å². The summed E-state index contributed by atoms with van der Waals surface area (Å²) < 4.78 is 0. The maximum absolute atomic E-state index is 8.35. The van der Waals surface area contributed by atoms with Crippen LogP contribution in [0.15, 0.2) is 5.16 Å². The summed E-state index contributed by atoms with van der Waals surface area (Å²) in [5, 5.41) is 11.9. The first kappa shape index (κ1) is 7.43. The van der Waals surface area contributed by atoms with Crippen molar-refractivity contribution in [1.82, 2.24) is 0 Å². The largest absolute Gasteiger partial charge is 0.396 e. The summed E-state index contributed by atoms with van der Waals surface area (Å²) >= 11 is 0. The molecule has 0 saturated heterocycles. The topological polar surface area (TPSA) is 41.8 Å². The van der Waals surface area contributed by atoms with E-state index in [4.69, 9.17) is 5.11 Å². The molecule has 1 N–H and O–H groups in total. The highest BCUT2D eigenvalue weighted by atomic mass is 16.6. The van der Waals surface area contributed by atoms with E-state index < -0.39 is 0 Å². The summed E-state index contributed by atoms with van der Waals surface area (Å²) in [5.74, 6) is 0. The van der Waals surface area contributed by atoms with Crippen LogP contribution in [0.5, 0.6) is 0 Å². The van der Waals surface area contributed by atoms with Gasteiger partial charge in [0.2, 0.25) is 0 Å². The lowest BCUT2D eigenvalue weighted by Gasteiger charge is -1.92. The van der Waals surface area contributed by atoms with Gasteiger partial charge in [-0.3, -0.25) is 0 Å². The molecule has 0 amide bonds. The summed E-state index contributed by atoms with van der Waals surface area (Å²) in [6.07, 6.45) is 0. The molecule has 0 saturated carbocycles. The van der Waals surface area contributed by atoms with Crippen LogP contribution in [0.1, 0.15) is 13.8 Å². The molecule has 8 heavy (non-hydrogen) atoms. The van der Waals surface area contributed by atoms with E-state index in [1.807, 2.05) is 6.92 Å². The monoisotopic (exact) mass is 117 g/mol. The van der Waals surface area contributed by atoms with Gasteiger partial charge >= 0.3 is 0 Å². The molecule has 0 aromatic carbocycles. The van der Waals surface area contributed by atoms with Crippen molar-refractivity contribution in [3.63, 3.8) is 0 Å².